The molecule has 0 amide bonds. The molecule has 0 spiro atoms. The summed E-state index contributed by atoms with van der Waals surface area (Å²) in [5.74, 6) is -3.76. The van der Waals surface area contributed by atoms with Crippen molar-refractivity contribution in [3.05, 3.63) is 35.6 Å². The van der Waals surface area contributed by atoms with Crippen molar-refractivity contribution < 1.29 is 18.0 Å². The van der Waals surface area contributed by atoms with E-state index >= 15 is 0 Å². The lowest BCUT2D eigenvalue weighted by molar-refractivity contribution is -0.126. The molecule has 1 fully saturated rings. The molecule has 1 atom stereocenters. The molecule has 1 aliphatic carbocycles. The minimum atomic E-state index is -2.87. The standard InChI is InChI=1S/C12H11F3O/c1-11(7-12(11,14)15)10(16)6-8-2-4-9(13)5-3-8/h2-5H,6-7H2,1H3. The second-order valence-electron chi connectivity index (χ2n) is 4.44. The van der Waals surface area contributed by atoms with Crippen LogP contribution in [-0.2, 0) is 11.2 Å². The Balaban J connectivity index is 2.07. The van der Waals surface area contributed by atoms with Crippen molar-refractivity contribution in [1.29, 1.82) is 0 Å². The first kappa shape index (κ1) is 11.2. The maximum atomic E-state index is 12.9. The summed E-state index contributed by atoms with van der Waals surface area (Å²) < 4.78 is 38.4. The highest BCUT2D eigenvalue weighted by atomic mass is 19.3. The molecule has 4 heteroatoms. The molecule has 0 heterocycles. The van der Waals surface area contributed by atoms with E-state index in [4.69, 9.17) is 0 Å². The van der Waals surface area contributed by atoms with E-state index in [0.29, 0.717) is 5.56 Å². The fourth-order valence-electron chi connectivity index (χ4n) is 1.69. The Morgan fingerprint density at radius 3 is 2.25 bits per heavy atom. The van der Waals surface area contributed by atoms with Gasteiger partial charge in [0.15, 0.2) is 0 Å². The summed E-state index contributed by atoms with van der Waals surface area (Å²) >= 11 is 0. The number of rotatable bonds is 3. The van der Waals surface area contributed by atoms with Crippen molar-refractivity contribution in [3.8, 4) is 0 Å². The van der Waals surface area contributed by atoms with Gasteiger partial charge in [-0.05, 0) is 24.6 Å². The Bertz CT molecular complexity index is 424. The molecule has 0 radical (unpaired) electrons. The van der Waals surface area contributed by atoms with Crippen molar-refractivity contribution in [2.75, 3.05) is 0 Å². The van der Waals surface area contributed by atoms with Crippen LogP contribution in [0.3, 0.4) is 0 Å². The molecule has 1 aromatic rings. The van der Waals surface area contributed by atoms with Gasteiger partial charge >= 0.3 is 0 Å². The van der Waals surface area contributed by atoms with Crippen LogP contribution in [0.25, 0.3) is 0 Å². The van der Waals surface area contributed by atoms with E-state index in [2.05, 4.69) is 0 Å². The zero-order chi connectivity index (χ0) is 12.0. The fourth-order valence-corrected chi connectivity index (χ4v) is 1.69. The van der Waals surface area contributed by atoms with Gasteiger partial charge in [-0.1, -0.05) is 12.1 Å². The van der Waals surface area contributed by atoms with E-state index in [0.717, 1.165) is 0 Å². The van der Waals surface area contributed by atoms with Gasteiger partial charge in [-0.15, -0.1) is 0 Å². The molecule has 0 aromatic heterocycles. The summed E-state index contributed by atoms with van der Waals surface area (Å²) in [6.07, 6.45) is -0.438. The first-order valence-electron chi connectivity index (χ1n) is 5.01. The zero-order valence-corrected chi connectivity index (χ0v) is 8.77. The average Bonchev–Trinajstić information content (AvgIpc) is 2.71. The number of halogens is 3. The van der Waals surface area contributed by atoms with Crippen LogP contribution in [0.5, 0.6) is 0 Å². The van der Waals surface area contributed by atoms with E-state index in [-0.39, 0.29) is 12.8 Å². The third-order valence-corrected chi connectivity index (χ3v) is 3.15. The molecule has 1 unspecified atom stereocenters. The molecule has 0 saturated heterocycles. The van der Waals surface area contributed by atoms with E-state index in [1.165, 1.54) is 31.2 Å². The van der Waals surface area contributed by atoms with E-state index in [9.17, 15) is 18.0 Å². The van der Waals surface area contributed by atoms with Gasteiger partial charge in [0.1, 0.15) is 11.6 Å². The number of carbonyl (C=O) groups is 1. The van der Waals surface area contributed by atoms with Crippen LogP contribution < -0.4 is 0 Å². The summed E-state index contributed by atoms with van der Waals surface area (Å²) in [6, 6.07) is 5.32. The third kappa shape index (κ3) is 1.72. The number of ketones is 1. The molecule has 1 nitrogen and oxygen atoms in total. The number of carbonyl (C=O) groups excluding carboxylic acids is 1. The summed E-state index contributed by atoms with van der Waals surface area (Å²) in [6.45, 7) is 1.28. The highest BCUT2D eigenvalue weighted by Gasteiger charge is 2.71. The summed E-state index contributed by atoms with van der Waals surface area (Å²) in [4.78, 5) is 11.6. The molecular formula is C12H11F3O. The lowest BCUT2D eigenvalue weighted by Crippen LogP contribution is -2.21. The lowest BCUT2D eigenvalue weighted by atomic mass is 9.96. The van der Waals surface area contributed by atoms with Crippen molar-refractivity contribution in [2.24, 2.45) is 5.41 Å². The molecule has 0 bridgehead atoms. The van der Waals surface area contributed by atoms with Gasteiger partial charge in [0, 0.05) is 12.8 Å². The monoisotopic (exact) mass is 228 g/mol. The van der Waals surface area contributed by atoms with Crippen LogP contribution in [0, 0.1) is 11.2 Å². The quantitative estimate of drug-likeness (QED) is 0.777. The van der Waals surface area contributed by atoms with Crippen molar-refractivity contribution in [1.82, 2.24) is 0 Å². The van der Waals surface area contributed by atoms with Crippen LogP contribution in [0.15, 0.2) is 24.3 Å². The minimum absolute atomic E-state index is 0.0631. The van der Waals surface area contributed by atoms with Crippen molar-refractivity contribution in [3.63, 3.8) is 0 Å². The van der Waals surface area contributed by atoms with Gasteiger partial charge in [0.2, 0.25) is 0 Å². The predicted molar refractivity (Wildman–Crippen MR) is 52.8 cm³/mol. The van der Waals surface area contributed by atoms with Gasteiger partial charge in [-0.3, -0.25) is 4.79 Å². The zero-order valence-electron chi connectivity index (χ0n) is 8.77. The van der Waals surface area contributed by atoms with Crippen LogP contribution in [-0.4, -0.2) is 11.7 Å². The highest BCUT2D eigenvalue weighted by Crippen LogP contribution is 2.60. The minimum Gasteiger partial charge on any atom is -0.298 e. The highest BCUT2D eigenvalue weighted by molar-refractivity contribution is 5.90. The molecule has 1 aromatic carbocycles. The number of benzene rings is 1. The smallest absolute Gasteiger partial charge is 0.261 e. The Morgan fingerprint density at radius 2 is 1.81 bits per heavy atom. The van der Waals surface area contributed by atoms with Gasteiger partial charge in [0.05, 0.1) is 5.41 Å². The van der Waals surface area contributed by atoms with Crippen LogP contribution in [0.1, 0.15) is 18.9 Å². The first-order valence-corrected chi connectivity index (χ1v) is 5.01. The first-order chi connectivity index (χ1) is 7.35. The molecule has 2 rings (SSSR count). The van der Waals surface area contributed by atoms with E-state index in [1.807, 2.05) is 0 Å². The molecule has 0 N–H and O–H groups in total. The Morgan fingerprint density at radius 1 is 1.31 bits per heavy atom. The predicted octanol–water partition coefficient (Wildman–Crippen LogP) is 2.98. The van der Waals surface area contributed by atoms with Gasteiger partial charge in [-0.25, -0.2) is 13.2 Å². The van der Waals surface area contributed by atoms with E-state index < -0.39 is 22.9 Å². The molecule has 16 heavy (non-hydrogen) atoms. The van der Waals surface area contributed by atoms with Gasteiger partial charge < -0.3 is 0 Å². The van der Waals surface area contributed by atoms with E-state index in [1.54, 1.807) is 0 Å². The SMILES string of the molecule is CC1(C(=O)Cc2ccc(F)cc2)CC1(F)F. The number of alkyl halides is 2. The van der Waals surface area contributed by atoms with Gasteiger partial charge in [-0.2, -0.15) is 0 Å². The summed E-state index contributed by atoms with van der Waals surface area (Å²) in [7, 11) is 0. The largest absolute Gasteiger partial charge is 0.298 e. The van der Waals surface area contributed by atoms with Crippen molar-refractivity contribution >= 4 is 5.78 Å². The average molecular weight is 228 g/mol. The molecule has 1 saturated carbocycles. The molecular weight excluding hydrogens is 217 g/mol. The van der Waals surface area contributed by atoms with Gasteiger partial charge in [0.25, 0.3) is 5.92 Å². The van der Waals surface area contributed by atoms with Crippen molar-refractivity contribution in [2.45, 2.75) is 25.7 Å². The Hall–Kier alpha value is -1.32. The Kier molecular flexibility index (Phi) is 2.33. The maximum absolute atomic E-state index is 12.9. The lowest BCUT2D eigenvalue weighted by Gasteiger charge is -2.08. The van der Waals surface area contributed by atoms with Crippen LogP contribution in [0.2, 0.25) is 0 Å². The topological polar surface area (TPSA) is 17.1 Å². The number of hydrogen-bond donors (Lipinski definition) is 0. The van der Waals surface area contributed by atoms with Crippen LogP contribution in [0.4, 0.5) is 13.2 Å². The number of hydrogen-bond acceptors (Lipinski definition) is 1. The number of Topliss-reactive ketones (excluding diaryl/α,β-unsaturated/α-hetero) is 1. The normalized spacial score (nSPS) is 26.5. The fraction of sp³-hybridized carbons (Fsp3) is 0.417. The second kappa shape index (κ2) is 3.34. The molecule has 86 valence electrons. The van der Waals surface area contributed by atoms with Crippen LogP contribution >= 0.6 is 0 Å². The molecule has 0 aliphatic heterocycles. The molecule has 1 aliphatic rings. The summed E-state index contributed by atoms with van der Waals surface area (Å²) in [5, 5.41) is 0. The second-order valence-corrected chi connectivity index (χ2v) is 4.44. The third-order valence-electron chi connectivity index (χ3n) is 3.15. The maximum Gasteiger partial charge on any atom is 0.261 e. The Labute approximate surface area is 91.3 Å². The summed E-state index contributed by atoms with van der Waals surface area (Å²) in [5.41, 5.74) is -0.947.